The van der Waals surface area contributed by atoms with Crippen molar-refractivity contribution in [3.8, 4) is 0 Å². The molecule has 1 heterocycles. The van der Waals surface area contributed by atoms with E-state index in [4.69, 9.17) is 4.74 Å². The van der Waals surface area contributed by atoms with E-state index in [9.17, 15) is 14.0 Å². The minimum atomic E-state index is -0.497. The molecule has 0 N–H and O–H groups in total. The number of halogens is 1. The molecule has 3 aromatic rings. The Morgan fingerprint density at radius 2 is 1.97 bits per heavy atom. The van der Waals surface area contributed by atoms with Gasteiger partial charge in [0.15, 0.2) is 4.80 Å². The number of amides is 1. The number of ether oxygens (including phenoxy) is 1. The standard InChI is InChI=1S/C21H21FN2O3S2/c1-2-27-19(26)14-24-20-16(22)10-6-11-17(20)29-21(24)23-18(25)12-7-13-28-15-8-4-3-5-9-15/h3-6,8-11H,2,7,12-14H2,1H3. The van der Waals surface area contributed by atoms with E-state index < -0.39 is 11.8 Å². The van der Waals surface area contributed by atoms with Crippen LogP contribution in [0, 0.1) is 5.82 Å². The van der Waals surface area contributed by atoms with Gasteiger partial charge in [0, 0.05) is 11.3 Å². The van der Waals surface area contributed by atoms with Gasteiger partial charge in [-0.15, -0.1) is 11.8 Å². The fourth-order valence-corrected chi connectivity index (χ4v) is 4.68. The van der Waals surface area contributed by atoms with Crippen LogP contribution in [-0.4, -0.2) is 28.8 Å². The Hall–Kier alpha value is -2.45. The topological polar surface area (TPSA) is 60.7 Å². The van der Waals surface area contributed by atoms with Crippen molar-refractivity contribution >= 4 is 45.2 Å². The third kappa shape index (κ3) is 5.77. The summed E-state index contributed by atoms with van der Waals surface area (Å²) in [6.45, 7) is 1.75. The molecule has 0 saturated carbocycles. The number of hydrogen-bond acceptors (Lipinski definition) is 5. The number of aromatic nitrogens is 1. The van der Waals surface area contributed by atoms with Crippen LogP contribution in [0.2, 0.25) is 0 Å². The molecular formula is C21H21FN2O3S2. The van der Waals surface area contributed by atoms with Crippen molar-refractivity contribution in [2.75, 3.05) is 12.4 Å². The number of rotatable bonds is 8. The van der Waals surface area contributed by atoms with Gasteiger partial charge in [0.1, 0.15) is 12.4 Å². The second kappa shape index (κ2) is 10.4. The third-order valence-corrected chi connectivity index (χ3v) is 6.15. The quantitative estimate of drug-likeness (QED) is 0.301. The number of para-hydroxylation sites is 1. The number of thiazole rings is 1. The number of fused-ring (bicyclic) bond motifs is 1. The number of carbonyl (C=O) groups excluding carboxylic acids is 2. The second-order valence-corrected chi connectivity index (χ2v) is 8.31. The first kappa shape index (κ1) is 21.3. The van der Waals surface area contributed by atoms with E-state index in [0.29, 0.717) is 15.9 Å². The number of nitrogens with zero attached hydrogens (tertiary/aromatic N) is 2. The molecule has 29 heavy (non-hydrogen) atoms. The predicted octanol–water partition coefficient (Wildman–Crippen LogP) is 4.40. The summed E-state index contributed by atoms with van der Waals surface area (Å²) in [6.07, 6.45) is 0.967. The van der Waals surface area contributed by atoms with Crippen LogP contribution in [0.3, 0.4) is 0 Å². The number of hydrogen-bond donors (Lipinski definition) is 0. The maximum absolute atomic E-state index is 14.3. The Balaban J connectivity index is 1.74. The van der Waals surface area contributed by atoms with Gasteiger partial charge in [0.05, 0.1) is 16.8 Å². The van der Waals surface area contributed by atoms with E-state index in [2.05, 4.69) is 4.99 Å². The molecule has 0 spiro atoms. The van der Waals surface area contributed by atoms with Crippen LogP contribution < -0.4 is 4.80 Å². The Bertz CT molecular complexity index is 1060. The molecule has 0 radical (unpaired) electrons. The normalized spacial score (nSPS) is 11.7. The summed E-state index contributed by atoms with van der Waals surface area (Å²) in [4.78, 5) is 29.9. The predicted molar refractivity (Wildman–Crippen MR) is 113 cm³/mol. The number of carbonyl (C=O) groups is 2. The molecule has 0 aliphatic carbocycles. The van der Waals surface area contributed by atoms with Gasteiger partial charge in [-0.2, -0.15) is 4.99 Å². The molecule has 2 aromatic carbocycles. The highest BCUT2D eigenvalue weighted by Crippen LogP contribution is 2.21. The molecule has 0 bridgehead atoms. The van der Waals surface area contributed by atoms with Crippen molar-refractivity contribution in [2.45, 2.75) is 31.2 Å². The molecule has 0 saturated heterocycles. The molecule has 3 rings (SSSR count). The highest BCUT2D eigenvalue weighted by atomic mass is 32.2. The van der Waals surface area contributed by atoms with Crippen LogP contribution in [0.25, 0.3) is 10.2 Å². The van der Waals surface area contributed by atoms with Gasteiger partial charge >= 0.3 is 5.97 Å². The Kier molecular flexibility index (Phi) is 7.60. The summed E-state index contributed by atoms with van der Waals surface area (Å²) >= 11 is 2.87. The lowest BCUT2D eigenvalue weighted by Gasteiger charge is -2.05. The van der Waals surface area contributed by atoms with E-state index in [1.165, 1.54) is 22.0 Å². The number of esters is 1. The lowest BCUT2D eigenvalue weighted by atomic mass is 10.3. The van der Waals surface area contributed by atoms with Crippen LogP contribution >= 0.6 is 23.1 Å². The van der Waals surface area contributed by atoms with Crippen LogP contribution in [0.15, 0.2) is 58.4 Å². The minimum absolute atomic E-state index is 0.190. The zero-order valence-corrected chi connectivity index (χ0v) is 17.6. The van der Waals surface area contributed by atoms with Gasteiger partial charge < -0.3 is 9.30 Å². The maximum Gasteiger partial charge on any atom is 0.326 e. The summed E-state index contributed by atoms with van der Waals surface area (Å²) in [5.74, 6) is -0.446. The highest BCUT2D eigenvalue weighted by molar-refractivity contribution is 7.99. The largest absolute Gasteiger partial charge is 0.465 e. The molecule has 152 valence electrons. The van der Waals surface area contributed by atoms with Crippen molar-refractivity contribution < 1.29 is 18.7 Å². The van der Waals surface area contributed by atoms with Crippen molar-refractivity contribution in [3.05, 3.63) is 59.1 Å². The Labute approximate surface area is 176 Å². The summed E-state index contributed by atoms with van der Waals surface area (Å²) < 4.78 is 21.4. The monoisotopic (exact) mass is 432 g/mol. The molecular weight excluding hydrogens is 411 g/mol. The molecule has 0 unspecified atom stereocenters. The summed E-state index contributed by atoms with van der Waals surface area (Å²) in [6, 6.07) is 14.6. The highest BCUT2D eigenvalue weighted by Gasteiger charge is 2.15. The lowest BCUT2D eigenvalue weighted by Crippen LogP contribution is -2.23. The van der Waals surface area contributed by atoms with Crippen LogP contribution in [0.4, 0.5) is 4.39 Å². The smallest absolute Gasteiger partial charge is 0.326 e. The average Bonchev–Trinajstić information content (AvgIpc) is 3.04. The number of benzene rings is 2. The van der Waals surface area contributed by atoms with Gasteiger partial charge in [-0.05, 0) is 43.4 Å². The molecule has 5 nitrogen and oxygen atoms in total. The minimum Gasteiger partial charge on any atom is -0.465 e. The SMILES string of the molecule is CCOC(=O)Cn1c(=NC(=O)CCCSc2ccccc2)sc2cccc(F)c21. The van der Waals surface area contributed by atoms with Crippen molar-refractivity contribution in [3.63, 3.8) is 0 Å². The molecule has 0 fully saturated rings. The molecule has 8 heteroatoms. The van der Waals surface area contributed by atoms with Gasteiger partial charge in [-0.25, -0.2) is 4.39 Å². The Morgan fingerprint density at radius 1 is 1.17 bits per heavy atom. The first-order valence-corrected chi connectivity index (χ1v) is 11.1. The van der Waals surface area contributed by atoms with E-state index in [1.54, 1.807) is 30.8 Å². The van der Waals surface area contributed by atoms with Crippen LogP contribution in [-0.2, 0) is 20.9 Å². The fourth-order valence-electron chi connectivity index (χ4n) is 2.75. The van der Waals surface area contributed by atoms with Gasteiger partial charge in [-0.1, -0.05) is 35.6 Å². The molecule has 1 amide bonds. The molecule has 0 aliphatic rings. The summed E-state index contributed by atoms with van der Waals surface area (Å²) in [5, 5.41) is 0. The zero-order chi connectivity index (χ0) is 20.6. The Morgan fingerprint density at radius 3 is 2.72 bits per heavy atom. The van der Waals surface area contributed by atoms with E-state index in [1.807, 2.05) is 30.3 Å². The van der Waals surface area contributed by atoms with Crippen LogP contribution in [0.5, 0.6) is 0 Å². The first-order valence-electron chi connectivity index (χ1n) is 9.27. The van der Waals surface area contributed by atoms with Crippen molar-refractivity contribution in [1.29, 1.82) is 0 Å². The first-order chi connectivity index (χ1) is 14.1. The van der Waals surface area contributed by atoms with Gasteiger partial charge in [0.25, 0.3) is 0 Å². The van der Waals surface area contributed by atoms with E-state index in [-0.39, 0.29) is 31.0 Å². The van der Waals surface area contributed by atoms with E-state index in [0.717, 1.165) is 10.6 Å². The van der Waals surface area contributed by atoms with Crippen molar-refractivity contribution in [1.82, 2.24) is 4.57 Å². The summed E-state index contributed by atoms with van der Waals surface area (Å²) in [7, 11) is 0. The summed E-state index contributed by atoms with van der Waals surface area (Å²) in [5.41, 5.74) is 0.261. The second-order valence-electron chi connectivity index (χ2n) is 6.13. The molecule has 0 atom stereocenters. The van der Waals surface area contributed by atoms with Gasteiger partial charge in [0.2, 0.25) is 5.91 Å². The van der Waals surface area contributed by atoms with Crippen LogP contribution in [0.1, 0.15) is 19.8 Å². The maximum atomic E-state index is 14.3. The van der Waals surface area contributed by atoms with E-state index >= 15 is 0 Å². The van der Waals surface area contributed by atoms with Crippen molar-refractivity contribution in [2.24, 2.45) is 4.99 Å². The average molecular weight is 433 g/mol. The fraction of sp³-hybridized carbons (Fsp3) is 0.286. The third-order valence-electron chi connectivity index (χ3n) is 4.01. The molecule has 0 aliphatic heterocycles. The van der Waals surface area contributed by atoms with Gasteiger partial charge in [-0.3, -0.25) is 9.59 Å². The number of thioether (sulfide) groups is 1. The zero-order valence-electron chi connectivity index (χ0n) is 16.0. The lowest BCUT2D eigenvalue weighted by molar-refractivity contribution is -0.143. The molecule has 1 aromatic heterocycles.